The molecule has 0 spiro atoms. The van der Waals surface area contributed by atoms with Crippen molar-refractivity contribution in [2.45, 2.75) is 13.0 Å². The van der Waals surface area contributed by atoms with Gasteiger partial charge in [-0.05, 0) is 23.1 Å². The van der Waals surface area contributed by atoms with Crippen LogP contribution in [0, 0.1) is 6.54 Å². The number of fused-ring (bicyclic) bond motifs is 1. The van der Waals surface area contributed by atoms with Crippen LogP contribution in [-0.4, -0.2) is 11.4 Å². The van der Waals surface area contributed by atoms with Crippen molar-refractivity contribution in [3.05, 3.63) is 77.8 Å². The van der Waals surface area contributed by atoms with E-state index in [0.717, 1.165) is 19.5 Å². The summed E-state index contributed by atoms with van der Waals surface area (Å²) in [5.74, 6) is 0. The maximum Gasteiger partial charge on any atom is 0.0969 e. The van der Waals surface area contributed by atoms with Crippen molar-refractivity contribution in [1.82, 2.24) is 4.90 Å². The molecule has 0 aromatic heterocycles. The highest BCUT2D eigenvalue weighted by molar-refractivity contribution is 5.35. The SMILES string of the molecule is [C]1c2ccccc2CCN1Cc1ccccc1. The van der Waals surface area contributed by atoms with Crippen molar-refractivity contribution in [2.75, 3.05) is 6.54 Å². The van der Waals surface area contributed by atoms with Gasteiger partial charge in [0.05, 0.1) is 6.54 Å². The van der Waals surface area contributed by atoms with Crippen molar-refractivity contribution >= 4 is 0 Å². The molecule has 17 heavy (non-hydrogen) atoms. The Morgan fingerprint density at radius 2 is 1.71 bits per heavy atom. The molecule has 0 amide bonds. The highest BCUT2D eigenvalue weighted by Gasteiger charge is 2.16. The fourth-order valence-electron chi connectivity index (χ4n) is 2.25. The molecule has 3 rings (SSSR count). The second-order valence-electron chi connectivity index (χ2n) is 4.43. The van der Waals surface area contributed by atoms with Gasteiger partial charge in [0.15, 0.2) is 0 Å². The first-order chi connectivity index (χ1) is 8.42. The Balaban J connectivity index is 1.72. The predicted molar refractivity (Wildman–Crippen MR) is 69.3 cm³/mol. The Morgan fingerprint density at radius 1 is 0.941 bits per heavy atom. The highest BCUT2D eigenvalue weighted by Crippen LogP contribution is 2.21. The van der Waals surface area contributed by atoms with Gasteiger partial charge in [0.1, 0.15) is 0 Å². The van der Waals surface area contributed by atoms with Crippen LogP contribution < -0.4 is 0 Å². The van der Waals surface area contributed by atoms with E-state index < -0.39 is 0 Å². The molecule has 0 fully saturated rings. The molecular formula is C16H15N. The number of nitrogens with zero attached hydrogens (tertiary/aromatic N) is 1. The van der Waals surface area contributed by atoms with Crippen LogP contribution in [-0.2, 0) is 13.0 Å². The molecule has 0 saturated carbocycles. The summed E-state index contributed by atoms with van der Waals surface area (Å²) in [6, 6.07) is 19.1. The van der Waals surface area contributed by atoms with Gasteiger partial charge in [-0.25, -0.2) is 0 Å². The van der Waals surface area contributed by atoms with E-state index in [2.05, 4.69) is 66.0 Å². The lowest BCUT2D eigenvalue weighted by Crippen LogP contribution is -2.28. The summed E-state index contributed by atoms with van der Waals surface area (Å²) in [6.07, 6.45) is 1.12. The molecule has 0 bridgehead atoms. The molecule has 1 heterocycles. The normalized spacial score (nSPS) is 15.5. The van der Waals surface area contributed by atoms with Crippen molar-refractivity contribution in [1.29, 1.82) is 0 Å². The largest absolute Gasteiger partial charge is 0.285 e. The molecule has 0 unspecified atom stereocenters. The summed E-state index contributed by atoms with van der Waals surface area (Å²) < 4.78 is 0. The Labute approximate surface area is 103 Å². The molecule has 2 radical (unpaired) electrons. The van der Waals surface area contributed by atoms with Crippen molar-refractivity contribution in [3.63, 3.8) is 0 Å². The van der Waals surface area contributed by atoms with Crippen LogP contribution in [0.4, 0.5) is 0 Å². The molecule has 84 valence electrons. The second kappa shape index (κ2) is 4.72. The zero-order valence-electron chi connectivity index (χ0n) is 9.76. The lowest BCUT2D eigenvalue weighted by Gasteiger charge is -2.27. The van der Waals surface area contributed by atoms with Crippen LogP contribution in [0.25, 0.3) is 0 Å². The third kappa shape index (κ3) is 2.40. The Bertz CT molecular complexity index is 490. The van der Waals surface area contributed by atoms with Gasteiger partial charge in [-0.2, -0.15) is 0 Å². The average molecular weight is 221 g/mol. The van der Waals surface area contributed by atoms with Gasteiger partial charge in [-0.3, -0.25) is 4.90 Å². The van der Waals surface area contributed by atoms with Gasteiger partial charge >= 0.3 is 0 Å². The van der Waals surface area contributed by atoms with Crippen LogP contribution in [0.1, 0.15) is 16.7 Å². The van der Waals surface area contributed by atoms with Gasteiger partial charge in [0, 0.05) is 13.1 Å². The minimum Gasteiger partial charge on any atom is -0.285 e. The number of hydrogen-bond acceptors (Lipinski definition) is 1. The average Bonchev–Trinajstić information content (AvgIpc) is 2.40. The summed E-state index contributed by atoms with van der Waals surface area (Å²) in [5, 5.41) is 0. The Hall–Kier alpha value is -1.60. The Kier molecular flexibility index (Phi) is 2.93. The molecule has 1 aliphatic rings. The Morgan fingerprint density at radius 3 is 2.59 bits per heavy atom. The molecule has 0 N–H and O–H groups in total. The van der Waals surface area contributed by atoms with E-state index in [1.165, 1.54) is 16.7 Å². The summed E-state index contributed by atoms with van der Waals surface area (Å²) >= 11 is 0. The van der Waals surface area contributed by atoms with E-state index in [1.807, 2.05) is 0 Å². The van der Waals surface area contributed by atoms with E-state index in [9.17, 15) is 0 Å². The molecule has 1 heteroatoms. The molecular weight excluding hydrogens is 206 g/mol. The van der Waals surface area contributed by atoms with Gasteiger partial charge in [-0.15, -0.1) is 0 Å². The van der Waals surface area contributed by atoms with Crippen LogP contribution >= 0.6 is 0 Å². The zero-order chi connectivity index (χ0) is 11.5. The van der Waals surface area contributed by atoms with Crippen LogP contribution in [0.2, 0.25) is 0 Å². The third-order valence-electron chi connectivity index (χ3n) is 3.16. The van der Waals surface area contributed by atoms with Crippen LogP contribution in [0.3, 0.4) is 0 Å². The maximum atomic E-state index is 3.48. The smallest absolute Gasteiger partial charge is 0.0969 e. The maximum absolute atomic E-state index is 3.48. The molecule has 2 aromatic rings. The minimum absolute atomic E-state index is 0.954. The van der Waals surface area contributed by atoms with E-state index in [-0.39, 0.29) is 0 Å². The quantitative estimate of drug-likeness (QED) is 0.753. The van der Waals surface area contributed by atoms with Gasteiger partial charge in [0.2, 0.25) is 0 Å². The fraction of sp³-hybridized carbons (Fsp3) is 0.188. The second-order valence-corrected chi connectivity index (χ2v) is 4.43. The first-order valence-electron chi connectivity index (χ1n) is 6.05. The molecule has 2 aromatic carbocycles. The fourth-order valence-corrected chi connectivity index (χ4v) is 2.25. The van der Waals surface area contributed by atoms with Crippen LogP contribution in [0.15, 0.2) is 54.6 Å². The molecule has 1 nitrogen and oxygen atoms in total. The number of rotatable bonds is 2. The van der Waals surface area contributed by atoms with Gasteiger partial charge in [0.25, 0.3) is 0 Å². The summed E-state index contributed by atoms with van der Waals surface area (Å²) in [7, 11) is 0. The van der Waals surface area contributed by atoms with Gasteiger partial charge in [-0.1, -0.05) is 54.6 Å². The number of hydrogen-bond donors (Lipinski definition) is 0. The van der Waals surface area contributed by atoms with E-state index >= 15 is 0 Å². The topological polar surface area (TPSA) is 3.24 Å². The van der Waals surface area contributed by atoms with E-state index in [0.29, 0.717) is 0 Å². The molecule has 1 aliphatic heterocycles. The molecule has 0 saturated heterocycles. The van der Waals surface area contributed by atoms with Crippen molar-refractivity contribution in [3.8, 4) is 0 Å². The first-order valence-corrected chi connectivity index (χ1v) is 6.05. The monoisotopic (exact) mass is 221 g/mol. The molecule has 0 aliphatic carbocycles. The first kappa shape index (κ1) is 10.5. The predicted octanol–water partition coefficient (Wildman–Crippen LogP) is 3.13. The van der Waals surface area contributed by atoms with E-state index in [1.54, 1.807) is 0 Å². The minimum atomic E-state index is 0.954. The highest BCUT2D eigenvalue weighted by atomic mass is 15.1. The summed E-state index contributed by atoms with van der Waals surface area (Å²) in [5.41, 5.74) is 4.01. The standard InChI is InChI=1S/C16H15N/c1-2-6-14(7-3-1)12-17-11-10-15-8-4-5-9-16(15)13-17/h1-9H,10-12H2. The zero-order valence-corrected chi connectivity index (χ0v) is 9.76. The molecule has 0 atom stereocenters. The van der Waals surface area contributed by atoms with Crippen molar-refractivity contribution < 1.29 is 0 Å². The summed E-state index contributed by atoms with van der Waals surface area (Å²) in [6.45, 7) is 5.49. The van der Waals surface area contributed by atoms with Crippen molar-refractivity contribution in [2.24, 2.45) is 0 Å². The van der Waals surface area contributed by atoms with E-state index in [4.69, 9.17) is 0 Å². The lowest BCUT2D eigenvalue weighted by atomic mass is 9.99. The van der Waals surface area contributed by atoms with Gasteiger partial charge < -0.3 is 0 Å². The lowest BCUT2D eigenvalue weighted by molar-refractivity contribution is 0.328. The third-order valence-corrected chi connectivity index (χ3v) is 3.16. The summed E-state index contributed by atoms with van der Waals surface area (Å²) in [4.78, 5) is 2.28. The van der Waals surface area contributed by atoms with Crippen LogP contribution in [0.5, 0.6) is 0 Å². The number of benzene rings is 2.